The first-order chi connectivity index (χ1) is 14.7. The summed E-state index contributed by atoms with van der Waals surface area (Å²) in [5.41, 5.74) is 2.96. The first-order valence-electron chi connectivity index (χ1n) is 10.5. The van der Waals surface area contributed by atoms with Crippen LogP contribution in [0.25, 0.3) is 11.1 Å². The summed E-state index contributed by atoms with van der Waals surface area (Å²) in [5, 5.41) is 4.06. The molecule has 0 N–H and O–H groups in total. The lowest BCUT2D eigenvalue weighted by Crippen LogP contribution is -2.42. The van der Waals surface area contributed by atoms with Gasteiger partial charge < -0.3 is 4.90 Å². The molecule has 0 aliphatic carbocycles. The van der Waals surface area contributed by atoms with E-state index in [-0.39, 0.29) is 17.6 Å². The largest absolute Gasteiger partial charge is 0.342 e. The zero-order valence-electron chi connectivity index (χ0n) is 17.0. The summed E-state index contributed by atoms with van der Waals surface area (Å²) in [4.78, 5) is 31.4. The lowest BCUT2D eigenvalue weighted by molar-refractivity contribution is -0.132. The molecule has 0 saturated carbocycles. The van der Waals surface area contributed by atoms with Crippen LogP contribution in [-0.2, 0) is 11.3 Å². The number of benzene rings is 2. The van der Waals surface area contributed by atoms with Gasteiger partial charge in [0.2, 0.25) is 5.91 Å². The first kappa shape index (κ1) is 20.0. The molecular formula is C24H26N4O2. The molecule has 1 atom stereocenters. The number of ketones is 1. The van der Waals surface area contributed by atoms with Gasteiger partial charge in [-0.2, -0.15) is 5.10 Å². The van der Waals surface area contributed by atoms with E-state index < -0.39 is 0 Å². The maximum atomic E-state index is 13.0. The van der Waals surface area contributed by atoms with Gasteiger partial charge in [-0.1, -0.05) is 54.6 Å². The van der Waals surface area contributed by atoms with Gasteiger partial charge in [0.25, 0.3) is 0 Å². The Morgan fingerprint density at radius 3 is 2.50 bits per heavy atom. The molecule has 1 aromatic heterocycles. The van der Waals surface area contributed by atoms with Crippen molar-refractivity contribution in [3.63, 3.8) is 0 Å². The predicted molar refractivity (Wildman–Crippen MR) is 115 cm³/mol. The van der Waals surface area contributed by atoms with Gasteiger partial charge >= 0.3 is 0 Å². The van der Waals surface area contributed by atoms with Crippen LogP contribution in [-0.4, -0.2) is 44.4 Å². The number of aromatic nitrogens is 3. The van der Waals surface area contributed by atoms with Crippen molar-refractivity contribution in [3.8, 4) is 11.1 Å². The van der Waals surface area contributed by atoms with Crippen LogP contribution in [0.1, 0.15) is 36.0 Å². The summed E-state index contributed by atoms with van der Waals surface area (Å²) in [6, 6.07) is 17.9. The third-order valence-electron chi connectivity index (χ3n) is 5.67. The Balaban J connectivity index is 1.33. The number of amides is 1. The van der Waals surface area contributed by atoms with E-state index >= 15 is 0 Å². The van der Waals surface area contributed by atoms with Gasteiger partial charge in [-0.3, -0.25) is 14.3 Å². The maximum Gasteiger partial charge on any atom is 0.222 e. The van der Waals surface area contributed by atoms with Crippen LogP contribution in [0.15, 0.2) is 67.3 Å². The third kappa shape index (κ3) is 4.82. The third-order valence-corrected chi connectivity index (χ3v) is 5.67. The number of likely N-dealkylation sites (tertiary alicyclic amines) is 1. The van der Waals surface area contributed by atoms with Gasteiger partial charge in [-0.05, 0) is 30.4 Å². The number of nitrogens with zero attached hydrogens (tertiary/aromatic N) is 4. The quantitative estimate of drug-likeness (QED) is 0.563. The maximum absolute atomic E-state index is 13.0. The molecule has 0 spiro atoms. The summed E-state index contributed by atoms with van der Waals surface area (Å²) in [7, 11) is 0. The lowest BCUT2D eigenvalue weighted by atomic mass is 9.89. The molecule has 4 rings (SSSR count). The second kappa shape index (κ2) is 9.48. The lowest BCUT2D eigenvalue weighted by Gasteiger charge is -2.32. The average molecular weight is 402 g/mol. The second-order valence-corrected chi connectivity index (χ2v) is 7.75. The van der Waals surface area contributed by atoms with Crippen molar-refractivity contribution < 1.29 is 9.59 Å². The molecule has 1 aliphatic heterocycles. The molecule has 3 aromatic rings. The van der Waals surface area contributed by atoms with E-state index in [0.717, 1.165) is 42.5 Å². The van der Waals surface area contributed by atoms with E-state index in [0.29, 0.717) is 19.5 Å². The monoisotopic (exact) mass is 402 g/mol. The zero-order valence-corrected chi connectivity index (χ0v) is 17.0. The van der Waals surface area contributed by atoms with Gasteiger partial charge in [-0.15, -0.1) is 0 Å². The van der Waals surface area contributed by atoms with Crippen molar-refractivity contribution in [1.29, 1.82) is 0 Å². The molecule has 1 amide bonds. The van der Waals surface area contributed by atoms with Crippen molar-refractivity contribution in [2.75, 3.05) is 13.1 Å². The van der Waals surface area contributed by atoms with Crippen LogP contribution >= 0.6 is 0 Å². The number of carbonyl (C=O) groups excluding carboxylic acids is 2. The van der Waals surface area contributed by atoms with E-state index in [1.165, 1.54) is 6.33 Å². The van der Waals surface area contributed by atoms with Crippen molar-refractivity contribution in [2.24, 2.45) is 5.92 Å². The topological polar surface area (TPSA) is 68.1 Å². The SMILES string of the molecule is O=C(c1ccc(-c2ccccc2)cc1)C1CCCN(C(=O)CCCn2cncn2)C1. The molecule has 2 aromatic carbocycles. The minimum absolute atomic E-state index is 0.118. The van der Waals surface area contributed by atoms with Crippen LogP contribution < -0.4 is 0 Å². The molecule has 6 heteroatoms. The van der Waals surface area contributed by atoms with Crippen molar-refractivity contribution >= 4 is 11.7 Å². The highest BCUT2D eigenvalue weighted by atomic mass is 16.2. The fourth-order valence-corrected chi connectivity index (χ4v) is 4.01. The van der Waals surface area contributed by atoms with Gasteiger partial charge in [0.05, 0.1) is 0 Å². The fraction of sp³-hybridized carbons (Fsp3) is 0.333. The second-order valence-electron chi connectivity index (χ2n) is 7.75. The molecule has 1 fully saturated rings. The summed E-state index contributed by atoms with van der Waals surface area (Å²) in [6.45, 7) is 1.93. The van der Waals surface area contributed by atoms with E-state index in [1.807, 2.05) is 47.4 Å². The zero-order chi connectivity index (χ0) is 20.8. The smallest absolute Gasteiger partial charge is 0.222 e. The normalized spacial score (nSPS) is 16.4. The highest BCUT2D eigenvalue weighted by molar-refractivity contribution is 5.98. The van der Waals surface area contributed by atoms with Crippen LogP contribution in [0, 0.1) is 5.92 Å². The van der Waals surface area contributed by atoms with Crippen molar-refractivity contribution in [2.45, 2.75) is 32.2 Å². The van der Waals surface area contributed by atoms with Crippen LogP contribution in [0.4, 0.5) is 0 Å². The van der Waals surface area contributed by atoms with E-state index in [2.05, 4.69) is 22.2 Å². The molecular weight excluding hydrogens is 376 g/mol. The van der Waals surface area contributed by atoms with Gasteiger partial charge in [0.1, 0.15) is 12.7 Å². The van der Waals surface area contributed by atoms with E-state index in [9.17, 15) is 9.59 Å². The Bertz CT molecular complexity index is 968. The first-order valence-corrected chi connectivity index (χ1v) is 10.5. The molecule has 1 saturated heterocycles. The Labute approximate surface area is 176 Å². The number of rotatable bonds is 7. The molecule has 30 heavy (non-hydrogen) atoms. The molecule has 154 valence electrons. The van der Waals surface area contributed by atoms with Crippen LogP contribution in [0.5, 0.6) is 0 Å². The fourth-order valence-electron chi connectivity index (χ4n) is 4.01. The molecule has 0 bridgehead atoms. The highest BCUT2D eigenvalue weighted by Crippen LogP contribution is 2.24. The Hall–Kier alpha value is -3.28. The number of hydrogen-bond donors (Lipinski definition) is 0. The molecule has 6 nitrogen and oxygen atoms in total. The molecule has 1 aliphatic rings. The molecule has 0 radical (unpaired) electrons. The van der Waals surface area contributed by atoms with Gasteiger partial charge in [0.15, 0.2) is 5.78 Å². The Morgan fingerprint density at radius 2 is 1.77 bits per heavy atom. The number of carbonyl (C=O) groups is 2. The molecule has 2 heterocycles. The number of Topliss-reactive ketones (excluding diaryl/α,β-unsaturated/α-hetero) is 1. The number of piperidine rings is 1. The van der Waals surface area contributed by atoms with E-state index in [4.69, 9.17) is 0 Å². The van der Waals surface area contributed by atoms with Gasteiger partial charge in [-0.25, -0.2) is 4.98 Å². The van der Waals surface area contributed by atoms with Crippen LogP contribution in [0.2, 0.25) is 0 Å². The van der Waals surface area contributed by atoms with Gasteiger partial charge in [0, 0.05) is 37.5 Å². The standard InChI is InChI=1S/C24H26N4O2/c29-23(9-5-15-28-18-25-17-26-28)27-14-4-8-22(16-27)24(30)21-12-10-20(11-13-21)19-6-2-1-3-7-19/h1-3,6-7,10-13,17-18,22H,4-5,8-9,14-16H2. The van der Waals surface area contributed by atoms with Crippen LogP contribution in [0.3, 0.4) is 0 Å². The minimum atomic E-state index is -0.124. The average Bonchev–Trinajstić information content (AvgIpc) is 3.33. The summed E-state index contributed by atoms with van der Waals surface area (Å²) < 4.78 is 1.73. The van der Waals surface area contributed by atoms with Crippen molar-refractivity contribution in [1.82, 2.24) is 19.7 Å². The highest BCUT2D eigenvalue weighted by Gasteiger charge is 2.28. The Morgan fingerprint density at radius 1 is 1.00 bits per heavy atom. The molecule has 1 unspecified atom stereocenters. The Kier molecular flexibility index (Phi) is 6.32. The summed E-state index contributed by atoms with van der Waals surface area (Å²) >= 11 is 0. The number of hydrogen-bond acceptors (Lipinski definition) is 4. The minimum Gasteiger partial charge on any atom is -0.342 e. The van der Waals surface area contributed by atoms with E-state index in [1.54, 1.807) is 11.0 Å². The number of aryl methyl sites for hydroxylation is 1. The van der Waals surface area contributed by atoms with Crippen molar-refractivity contribution in [3.05, 3.63) is 72.8 Å². The predicted octanol–water partition coefficient (Wildman–Crippen LogP) is 3.85. The summed E-state index contributed by atoms with van der Waals surface area (Å²) in [5.74, 6) is 0.127. The summed E-state index contributed by atoms with van der Waals surface area (Å²) in [6.07, 6.45) is 6.04.